The summed E-state index contributed by atoms with van der Waals surface area (Å²) in [7, 11) is 3.85. The molecule has 1 fully saturated rings. The molecule has 3 aromatic rings. The van der Waals surface area contributed by atoms with Crippen molar-refractivity contribution in [2.24, 2.45) is 5.73 Å². The summed E-state index contributed by atoms with van der Waals surface area (Å²) in [5.74, 6) is 0.263. The smallest absolute Gasteiger partial charge is 0.248 e. The summed E-state index contributed by atoms with van der Waals surface area (Å²) in [5.41, 5.74) is 9.53. The summed E-state index contributed by atoms with van der Waals surface area (Å²) in [5, 5.41) is 0. The number of carbonyl (C=O) groups is 1. The number of hydrogen-bond donors (Lipinski definition) is 1. The van der Waals surface area contributed by atoms with Gasteiger partial charge in [-0.3, -0.25) is 14.7 Å². The molecule has 1 aromatic carbocycles. The monoisotopic (exact) mass is 418 g/mol. The number of amides is 1. The van der Waals surface area contributed by atoms with Crippen LogP contribution in [0.5, 0.6) is 0 Å². The highest BCUT2D eigenvalue weighted by molar-refractivity contribution is 5.93. The van der Waals surface area contributed by atoms with Crippen molar-refractivity contribution in [2.45, 2.75) is 12.6 Å². The second kappa shape index (κ2) is 9.20. The number of pyridine rings is 1. The van der Waals surface area contributed by atoms with Gasteiger partial charge in [-0.1, -0.05) is 18.2 Å². The summed E-state index contributed by atoms with van der Waals surface area (Å²) in [6, 6.07) is 13.1. The van der Waals surface area contributed by atoms with Crippen LogP contribution in [0.25, 0.3) is 11.3 Å². The van der Waals surface area contributed by atoms with Crippen LogP contribution in [-0.2, 0) is 11.3 Å². The van der Waals surface area contributed by atoms with E-state index in [1.165, 1.54) is 0 Å². The van der Waals surface area contributed by atoms with Crippen molar-refractivity contribution in [1.29, 1.82) is 0 Å². The van der Waals surface area contributed by atoms with E-state index in [0.29, 0.717) is 18.1 Å². The van der Waals surface area contributed by atoms with Crippen LogP contribution in [0, 0.1) is 0 Å². The predicted molar refractivity (Wildman–Crippen MR) is 119 cm³/mol. The molecule has 1 amide bonds. The Labute approximate surface area is 181 Å². The average Bonchev–Trinajstić information content (AvgIpc) is 2.80. The van der Waals surface area contributed by atoms with Crippen LogP contribution < -0.4 is 10.6 Å². The lowest BCUT2D eigenvalue weighted by Gasteiger charge is -2.32. The molecule has 1 atom stereocenters. The van der Waals surface area contributed by atoms with Gasteiger partial charge in [0.2, 0.25) is 11.9 Å². The van der Waals surface area contributed by atoms with Gasteiger partial charge in [0, 0.05) is 62.8 Å². The number of ether oxygens (including phenoxy) is 1. The first-order valence-electron chi connectivity index (χ1n) is 10.2. The zero-order valence-corrected chi connectivity index (χ0v) is 17.7. The maximum absolute atomic E-state index is 11.3. The Morgan fingerprint density at radius 2 is 1.90 bits per heavy atom. The van der Waals surface area contributed by atoms with Gasteiger partial charge in [0.1, 0.15) is 6.10 Å². The third-order valence-corrected chi connectivity index (χ3v) is 5.21. The summed E-state index contributed by atoms with van der Waals surface area (Å²) in [4.78, 5) is 29.1. The summed E-state index contributed by atoms with van der Waals surface area (Å²) >= 11 is 0. The number of rotatable bonds is 6. The van der Waals surface area contributed by atoms with Crippen LogP contribution >= 0.6 is 0 Å². The molecule has 1 aliphatic rings. The van der Waals surface area contributed by atoms with E-state index in [1.807, 2.05) is 61.7 Å². The number of carbonyl (C=O) groups excluding carboxylic acids is 1. The Kier molecular flexibility index (Phi) is 6.20. The third-order valence-electron chi connectivity index (χ3n) is 5.21. The Morgan fingerprint density at radius 3 is 2.58 bits per heavy atom. The second-order valence-corrected chi connectivity index (χ2v) is 7.77. The molecule has 8 heteroatoms. The molecule has 0 bridgehead atoms. The molecule has 0 radical (unpaired) electrons. The fourth-order valence-electron chi connectivity index (χ4n) is 3.54. The predicted octanol–water partition coefficient (Wildman–Crippen LogP) is 2.28. The minimum absolute atomic E-state index is 0.111. The Bertz CT molecular complexity index is 1040. The molecule has 1 saturated heterocycles. The van der Waals surface area contributed by atoms with Crippen molar-refractivity contribution in [3.05, 3.63) is 71.7 Å². The molecule has 8 nitrogen and oxygen atoms in total. The molecule has 3 heterocycles. The standard InChI is InChI=1S/C23H26N6O2/c1-28(2)23-25-12-16(13-26-23)14-29-10-11-31-21(15-29)20-5-3-4-19(27-20)17-6-8-18(9-7-17)22(24)30/h3-9,12-13,21H,10-11,14-15H2,1-2H3,(H2,24,30). The van der Waals surface area contributed by atoms with Crippen LogP contribution in [0.3, 0.4) is 0 Å². The molecular formula is C23H26N6O2. The van der Waals surface area contributed by atoms with Crippen LogP contribution in [0.1, 0.15) is 27.7 Å². The fourth-order valence-corrected chi connectivity index (χ4v) is 3.54. The van der Waals surface area contributed by atoms with E-state index >= 15 is 0 Å². The number of nitrogens with two attached hydrogens (primary N) is 1. The number of aromatic nitrogens is 3. The van der Waals surface area contributed by atoms with Crippen LogP contribution in [0.4, 0.5) is 5.95 Å². The summed E-state index contributed by atoms with van der Waals surface area (Å²) in [6.45, 7) is 3.00. The molecule has 4 rings (SSSR count). The van der Waals surface area contributed by atoms with E-state index in [-0.39, 0.29) is 6.10 Å². The third kappa shape index (κ3) is 5.04. The van der Waals surface area contributed by atoms with Crippen molar-refractivity contribution >= 4 is 11.9 Å². The van der Waals surface area contributed by atoms with E-state index in [0.717, 1.165) is 42.1 Å². The minimum Gasteiger partial charge on any atom is -0.369 e. The lowest BCUT2D eigenvalue weighted by Crippen LogP contribution is -2.38. The lowest BCUT2D eigenvalue weighted by atomic mass is 10.1. The van der Waals surface area contributed by atoms with E-state index in [1.54, 1.807) is 12.1 Å². The van der Waals surface area contributed by atoms with E-state index in [4.69, 9.17) is 15.5 Å². The fraction of sp³-hybridized carbons (Fsp3) is 0.304. The largest absolute Gasteiger partial charge is 0.369 e. The molecule has 2 aromatic heterocycles. The zero-order chi connectivity index (χ0) is 21.8. The zero-order valence-electron chi connectivity index (χ0n) is 17.7. The number of nitrogens with zero attached hydrogens (tertiary/aromatic N) is 5. The van der Waals surface area contributed by atoms with Gasteiger partial charge in [0.15, 0.2) is 0 Å². The van der Waals surface area contributed by atoms with Crippen LogP contribution in [0.2, 0.25) is 0 Å². The number of benzene rings is 1. The average molecular weight is 419 g/mol. The number of hydrogen-bond acceptors (Lipinski definition) is 7. The summed E-state index contributed by atoms with van der Waals surface area (Å²) in [6.07, 6.45) is 3.64. The number of anilines is 1. The minimum atomic E-state index is -0.439. The highest BCUT2D eigenvalue weighted by atomic mass is 16.5. The summed E-state index contributed by atoms with van der Waals surface area (Å²) < 4.78 is 6.02. The first-order chi connectivity index (χ1) is 15.0. The van der Waals surface area contributed by atoms with Gasteiger partial charge in [-0.2, -0.15) is 0 Å². The first-order valence-corrected chi connectivity index (χ1v) is 10.2. The van der Waals surface area contributed by atoms with Crippen molar-refractivity contribution in [3.63, 3.8) is 0 Å². The number of morpholine rings is 1. The van der Waals surface area contributed by atoms with E-state index in [2.05, 4.69) is 14.9 Å². The van der Waals surface area contributed by atoms with Gasteiger partial charge in [-0.15, -0.1) is 0 Å². The molecule has 0 saturated carbocycles. The van der Waals surface area contributed by atoms with E-state index < -0.39 is 5.91 Å². The topological polar surface area (TPSA) is 97.5 Å². The molecular weight excluding hydrogens is 392 g/mol. The molecule has 1 aliphatic heterocycles. The van der Waals surface area contributed by atoms with Gasteiger partial charge in [-0.25, -0.2) is 9.97 Å². The molecule has 0 aliphatic carbocycles. The molecule has 160 valence electrons. The van der Waals surface area contributed by atoms with Crippen molar-refractivity contribution in [2.75, 3.05) is 38.7 Å². The molecule has 1 unspecified atom stereocenters. The maximum Gasteiger partial charge on any atom is 0.248 e. The Hall–Kier alpha value is -3.36. The van der Waals surface area contributed by atoms with Crippen molar-refractivity contribution in [1.82, 2.24) is 19.9 Å². The highest BCUT2D eigenvalue weighted by Gasteiger charge is 2.23. The highest BCUT2D eigenvalue weighted by Crippen LogP contribution is 2.25. The quantitative estimate of drug-likeness (QED) is 0.656. The van der Waals surface area contributed by atoms with Gasteiger partial charge in [-0.05, 0) is 24.3 Å². The normalized spacial score (nSPS) is 16.8. The number of primary amides is 1. The van der Waals surface area contributed by atoms with Crippen LogP contribution in [0.15, 0.2) is 54.9 Å². The van der Waals surface area contributed by atoms with E-state index in [9.17, 15) is 4.79 Å². The Morgan fingerprint density at radius 1 is 1.16 bits per heavy atom. The van der Waals surface area contributed by atoms with Gasteiger partial charge < -0.3 is 15.4 Å². The van der Waals surface area contributed by atoms with Gasteiger partial charge >= 0.3 is 0 Å². The molecule has 0 spiro atoms. The first kappa shape index (κ1) is 20.9. The van der Waals surface area contributed by atoms with Crippen LogP contribution in [-0.4, -0.2) is 59.6 Å². The molecule has 2 N–H and O–H groups in total. The molecule has 31 heavy (non-hydrogen) atoms. The lowest BCUT2D eigenvalue weighted by molar-refractivity contribution is -0.0349. The van der Waals surface area contributed by atoms with Gasteiger partial charge in [0.05, 0.1) is 18.0 Å². The maximum atomic E-state index is 11.3. The SMILES string of the molecule is CN(C)c1ncc(CN2CCOC(c3cccc(-c4ccc(C(N)=O)cc4)n3)C2)cn1. The Balaban J connectivity index is 1.45. The van der Waals surface area contributed by atoms with Gasteiger partial charge in [0.25, 0.3) is 0 Å². The van der Waals surface area contributed by atoms with Crippen molar-refractivity contribution < 1.29 is 9.53 Å². The van der Waals surface area contributed by atoms with Crippen molar-refractivity contribution in [3.8, 4) is 11.3 Å². The second-order valence-electron chi connectivity index (χ2n) is 7.77.